The van der Waals surface area contributed by atoms with Crippen molar-refractivity contribution in [1.29, 1.82) is 0 Å². The van der Waals surface area contributed by atoms with Gasteiger partial charge in [-0.15, -0.1) is 0 Å². The Morgan fingerprint density at radius 2 is 1.63 bits per heavy atom. The summed E-state index contributed by atoms with van der Waals surface area (Å²) in [6.07, 6.45) is 2.00. The van der Waals surface area contributed by atoms with Crippen LogP contribution in [0.2, 0.25) is 0 Å². The van der Waals surface area contributed by atoms with Crippen molar-refractivity contribution in [2.45, 2.75) is 45.3 Å². The van der Waals surface area contributed by atoms with E-state index < -0.39 is 5.54 Å². The zero-order valence-electron chi connectivity index (χ0n) is 20.7. The number of aldehydes is 1. The van der Waals surface area contributed by atoms with E-state index in [9.17, 15) is 9.90 Å². The number of aromatic nitrogens is 1. The van der Waals surface area contributed by atoms with Gasteiger partial charge >= 0.3 is 0 Å². The normalized spacial score (nSPS) is 13.7. The first-order valence-electron chi connectivity index (χ1n) is 11.4. The van der Waals surface area contributed by atoms with Crippen LogP contribution in [-0.2, 0) is 9.53 Å². The Hall–Kier alpha value is -3.29. The third-order valence-electron chi connectivity index (χ3n) is 5.97. The molecule has 184 valence electrons. The smallest absolute Gasteiger partial charge is 0.187 e. The molecule has 0 spiro atoms. The minimum absolute atomic E-state index is 0.0249. The van der Waals surface area contributed by atoms with Crippen LogP contribution in [0.1, 0.15) is 47.7 Å². The number of benzene rings is 2. The number of aryl methyl sites for hydroxylation is 2. The Kier molecular flexibility index (Phi) is 8.59. The van der Waals surface area contributed by atoms with E-state index in [1.807, 2.05) is 6.92 Å². The fourth-order valence-electron chi connectivity index (χ4n) is 3.87. The number of carbonyl (C=O) groups is 1. The lowest BCUT2D eigenvalue weighted by molar-refractivity contribution is -0.115. The molecule has 3 aromatic rings. The van der Waals surface area contributed by atoms with Crippen molar-refractivity contribution >= 4 is 23.5 Å². The molecule has 0 saturated carbocycles. The van der Waals surface area contributed by atoms with Gasteiger partial charge in [-0.25, -0.2) is 4.98 Å². The molecule has 1 aromatic heterocycles. The molecule has 0 aliphatic heterocycles. The van der Waals surface area contributed by atoms with Crippen molar-refractivity contribution in [1.82, 2.24) is 10.3 Å². The molecule has 3 rings (SSSR count). The van der Waals surface area contributed by atoms with Crippen LogP contribution >= 0.6 is 12.2 Å². The van der Waals surface area contributed by atoms with E-state index in [1.54, 1.807) is 6.92 Å². The number of pyridine rings is 1. The number of hydrogen-bond donors (Lipinski definition) is 2. The molecule has 6 nitrogen and oxygen atoms in total. The lowest BCUT2D eigenvalue weighted by atomic mass is 9.86. The number of hydrogen-bond acceptors (Lipinski definition) is 6. The number of rotatable bonds is 10. The summed E-state index contributed by atoms with van der Waals surface area (Å²) in [6, 6.07) is 18.3. The Morgan fingerprint density at radius 3 is 2.11 bits per heavy atom. The van der Waals surface area contributed by atoms with Gasteiger partial charge in [-0.2, -0.15) is 0 Å². The second-order valence-corrected chi connectivity index (χ2v) is 9.42. The molecule has 2 N–H and O–H groups in total. The van der Waals surface area contributed by atoms with Crippen LogP contribution in [-0.4, -0.2) is 46.7 Å². The van der Waals surface area contributed by atoms with E-state index in [4.69, 9.17) is 21.7 Å². The Bertz CT molecular complexity index is 1120. The summed E-state index contributed by atoms with van der Waals surface area (Å²) in [6.45, 7) is 7.89. The molecule has 0 unspecified atom stereocenters. The molecule has 35 heavy (non-hydrogen) atoms. The molecule has 0 saturated heterocycles. The maximum absolute atomic E-state index is 12.1. The average molecular weight is 493 g/mol. The molecule has 7 heteroatoms. The molecular weight excluding hydrogens is 460 g/mol. The molecule has 0 radical (unpaired) electrons. The van der Waals surface area contributed by atoms with E-state index in [0.717, 1.165) is 17.4 Å². The van der Waals surface area contributed by atoms with Crippen LogP contribution in [0.25, 0.3) is 0 Å². The van der Waals surface area contributed by atoms with Gasteiger partial charge in [0.25, 0.3) is 0 Å². The quantitative estimate of drug-likeness (QED) is 0.309. The van der Waals surface area contributed by atoms with Crippen LogP contribution in [0.15, 0.2) is 60.8 Å². The van der Waals surface area contributed by atoms with Crippen molar-refractivity contribution in [2.75, 3.05) is 13.7 Å². The van der Waals surface area contributed by atoms with E-state index in [0.29, 0.717) is 0 Å². The highest BCUT2D eigenvalue weighted by Gasteiger charge is 2.30. The molecule has 0 bridgehead atoms. The number of nitrogens with one attached hydrogen (secondary N) is 1. The van der Waals surface area contributed by atoms with Gasteiger partial charge in [0.05, 0.1) is 19.8 Å². The van der Waals surface area contributed by atoms with Crippen LogP contribution in [0.3, 0.4) is 0 Å². The second kappa shape index (κ2) is 11.4. The van der Waals surface area contributed by atoms with Gasteiger partial charge in [0.15, 0.2) is 11.5 Å². The number of thiocarbonyl (C=S) groups is 1. The molecular formula is C28H32N2O4S. The summed E-state index contributed by atoms with van der Waals surface area (Å²) in [4.78, 5) is 16.3. The molecule has 0 aliphatic carbocycles. The monoisotopic (exact) mass is 492 g/mol. The Morgan fingerprint density at radius 1 is 1.09 bits per heavy atom. The zero-order valence-corrected chi connectivity index (χ0v) is 21.6. The third kappa shape index (κ3) is 6.44. The minimum Gasteiger partial charge on any atom is -0.503 e. The van der Waals surface area contributed by atoms with Gasteiger partial charge < -0.3 is 24.7 Å². The Balaban J connectivity index is 1.79. The largest absolute Gasteiger partial charge is 0.503 e. The topological polar surface area (TPSA) is 80.7 Å². The summed E-state index contributed by atoms with van der Waals surface area (Å²) in [5.74, 6) is 0.0351. The van der Waals surface area contributed by atoms with Gasteiger partial charge in [0.1, 0.15) is 22.5 Å². The highest BCUT2D eigenvalue weighted by molar-refractivity contribution is 7.80. The van der Waals surface area contributed by atoms with Gasteiger partial charge in [-0.1, -0.05) is 71.9 Å². The van der Waals surface area contributed by atoms with E-state index in [-0.39, 0.29) is 40.8 Å². The van der Waals surface area contributed by atoms with Crippen molar-refractivity contribution in [3.05, 3.63) is 88.7 Å². The number of ether oxygens (including phenoxy) is 2. The van der Waals surface area contributed by atoms with Gasteiger partial charge in [-0.05, 0) is 38.8 Å². The lowest BCUT2D eigenvalue weighted by Crippen LogP contribution is -2.51. The first kappa shape index (κ1) is 26.3. The predicted molar refractivity (Wildman–Crippen MR) is 141 cm³/mol. The fourth-order valence-corrected chi connectivity index (χ4v) is 4.25. The summed E-state index contributed by atoms with van der Waals surface area (Å²) in [5.41, 5.74) is 3.64. The van der Waals surface area contributed by atoms with Crippen molar-refractivity contribution in [2.24, 2.45) is 0 Å². The molecule has 0 fully saturated rings. The molecule has 2 aromatic carbocycles. The third-order valence-corrected chi connectivity index (χ3v) is 6.27. The van der Waals surface area contributed by atoms with Gasteiger partial charge in [0.2, 0.25) is 0 Å². The van der Waals surface area contributed by atoms with Gasteiger partial charge in [0, 0.05) is 18.2 Å². The molecule has 1 heterocycles. The number of nitrogens with zero attached hydrogens (tertiary/aromatic N) is 1. The van der Waals surface area contributed by atoms with Crippen LogP contribution in [0.4, 0.5) is 0 Å². The SMILES string of the molecule is COc1ccnc(C(=S)N[C@@](C)(C=O)CO[C@@H](C)C(c2ccc(C)cc2)c2ccc(C)cc2)c1O. The second-order valence-electron chi connectivity index (χ2n) is 9.02. The van der Waals surface area contributed by atoms with Crippen molar-refractivity contribution in [3.8, 4) is 11.5 Å². The summed E-state index contributed by atoms with van der Waals surface area (Å²) in [7, 11) is 1.44. The number of aromatic hydroxyl groups is 1. The maximum Gasteiger partial charge on any atom is 0.187 e. The number of methoxy groups -OCH3 is 1. The number of carbonyl (C=O) groups excluding carboxylic acids is 1. The van der Waals surface area contributed by atoms with Gasteiger partial charge in [-0.3, -0.25) is 0 Å². The molecule has 0 aliphatic rings. The first-order valence-corrected chi connectivity index (χ1v) is 11.8. The van der Waals surface area contributed by atoms with E-state index >= 15 is 0 Å². The summed E-state index contributed by atoms with van der Waals surface area (Å²) < 4.78 is 11.4. The highest BCUT2D eigenvalue weighted by atomic mass is 32.1. The molecule has 2 atom stereocenters. The standard InChI is InChI=1S/C28H32N2O4S/c1-18-6-10-21(11-7-18)24(22-12-8-19(2)9-13-22)20(3)34-17-28(4,16-31)30-27(35)25-26(32)23(33-5)14-15-29-25/h6-16,20,24,32H,17H2,1-5H3,(H,30,35)/t20-,28-/m0/s1. The van der Waals surface area contributed by atoms with Crippen LogP contribution in [0, 0.1) is 13.8 Å². The van der Waals surface area contributed by atoms with Crippen LogP contribution in [0.5, 0.6) is 11.5 Å². The lowest BCUT2D eigenvalue weighted by Gasteiger charge is -2.31. The Labute approximate surface area is 212 Å². The predicted octanol–water partition coefficient (Wildman–Crippen LogP) is 4.87. The highest BCUT2D eigenvalue weighted by Crippen LogP contribution is 2.31. The first-order chi connectivity index (χ1) is 16.7. The van der Waals surface area contributed by atoms with E-state index in [2.05, 4.69) is 72.7 Å². The maximum atomic E-state index is 12.1. The summed E-state index contributed by atoms with van der Waals surface area (Å²) >= 11 is 5.44. The van der Waals surface area contributed by atoms with Crippen LogP contribution < -0.4 is 10.1 Å². The van der Waals surface area contributed by atoms with Crippen molar-refractivity contribution < 1.29 is 19.4 Å². The van der Waals surface area contributed by atoms with E-state index in [1.165, 1.54) is 30.5 Å². The minimum atomic E-state index is -1.13. The van der Waals surface area contributed by atoms with Crippen molar-refractivity contribution in [3.63, 3.8) is 0 Å². The molecule has 0 amide bonds. The average Bonchev–Trinajstić information content (AvgIpc) is 2.85. The summed E-state index contributed by atoms with van der Waals surface area (Å²) in [5, 5.41) is 13.4. The zero-order chi connectivity index (χ0) is 25.6. The fraction of sp³-hybridized carbons (Fsp3) is 0.321.